The molecule has 0 radical (unpaired) electrons. The second-order valence-electron chi connectivity index (χ2n) is 6.67. The highest BCUT2D eigenvalue weighted by atomic mass is 32.2. The molecule has 0 aliphatic carbocycles. The van der Waals surface area contributed by atoms with Crippen molar-refractivity contribution < 1.29 is 52.3 Å². The van der Waals surface area contributed by atoms with Crippen LogP contribution in [0.2, 0.25) is 0 Å². The maximum absolute atomic E-state index is 12.2. The summed E-state index contributed by atoms with van der Waals surface area (Å²) < 4.78 is 122. The lowest BCUT2D eigenvalue weighted by molar-refractivity contribution is -0.709. The first-order chi connectivity index (χ1) is 15.0. The van der Waals surface area contributed by atoms with E-state index in [9.17, 15) is 43.2 Å². The van der Waals surface area contributed by atoms with Gasteiger partial charge in [0, 0.05) is 0 Å². The highest BCUT2D eigenvalue weighted by Gasteiger charge is 2.56. The van der Waals surface area contributed by atoms with E-state index in [2.05, 4.69) is 41.4 Å². The second-order valence-corrected chi connectivity index (χ2v) is 10.4. The fraction of sp³-hybridized carbons (Fsp3) is 0.294. The molecule has 1 aromatic carbocycles. The third kappa shape index (κ3) is 5.93. The third-order valence-electron chi connectivity index (χ3n) is 4.05. The van der Waals surface area contributed by atoms with Gasteiger partial charge < -0.3 is 0 Å². The van der Waals surface area contributed by atoms with Crippen LogP contribution in [0.15, 0.2) is 65.4 Å². The molecule has 16 heteroatoms. The van der Waals surface area contributed by atoms with Gasteiger partial charge >= 0.3 is 35.8 Å². The largest absolute Gasteiger partial charge is 0.509 e. The molecule has 1 N–H and O–H groups in total. The van der Waals surface area contributed by atoms with Gasteiger partial charge in [-0.15, -0.1) is 0 Å². The van der Waals surface area contributed by atoms with Crippen molar-refractivity contribution in [2.75, 3.05) is 0 Å². The number of nitrogens with zero attached hydrogens (tertiary/aromatic N) is 3. The lowest BCUT2D eigenvalue weighted by atomic mass is 10.2. The molecule has 0 aliphatic rings. The average molecular weight is 520 g/mol. The number of benzene rings is 1. The molecule has 3 aromatic rings. The van der Waals surface area contributed by atoms with Crippen molar-refractivity contribution in [3.8, 4) is 0 Å². The first-order valence-electron chi connectivity index (χ1n) is 8.73. The molecular formula is C17H18F6N4O4S2+2. The predicted octanol–water partition coefficient (Wildman–Crippen LogP) is 1.79. The number of halogens is 6. The lowest BCUT2D eigenvalue weighted by Gasteiger charge is -2.03. The van der Waals surface area contributed by atoms with E-state index in [-0.39, 0.29) is 10.8 Å². The Labute approximate surface area is 184 Å². The standard InChI is InChI=1S/C11H13N2.C6H4F6N2O4S2/c1-12-7-8-13(10-12)9-11-5-3-2-4-6-11;1-14-2-3(19(15,16)5(7,8)9)13-4(14)20(17,18)6(10,11)12/h2-8,10H,9H2,1H3;2H,1H3/q+1;/p+1. The minimum absolute atomic E-state index is 0.0848. The van der Waals surface area contributed by atoms with Crippen molar-refractivity contribution >= 4 is 19.7 Å². The Hall–Kier alpha value is -2.88. The van der Waals surface area contributed by atoms with Crippen LogP contribution < -0.4 is 9.13 Å². The van der Waals surface area contributed by atoms with Crippen LogP contribution in [0.4, 0.5) is 26.3 Å². The number of nitrogens with one attached hydrogen (secondary N) is 1. The molecule has 33 heavy (non-hydrogen) atoms. The van der Waals surface area contributed by atoms with E-state index in [4.69, 9.17) is 0 Å². The summed E-state index contributed by atoms with van der Waals surface area (Å²) >= 11 is 0. The molecular weight excluding hydrogens is 502 g/mol. The minimum Gasteiger partial charge on any atom is -0.240 e. The zero-order chi connectivity index (χ0) is 25.2. The maximum atomic E-state index is 12.2. The normalized spacial score (nSPS) is 12.8. The molecule has 0 fully saturated rings. The van der Waals surface area contributed by atoms with E-state index in [1.54, 1.807) is 0 Å². The van der Waals surface area contributed by atoms with E-state index >= 15 is 0 Å². The van der Waals surface area contributed by atoms with Gasteiger partial charge in [-0.3, -0.25) is 0 Å². The Morgan fingerprint density at radius 1 is 0.909 bits per heavy atom. The van der Waals surface area contributed by atoms with Crippen molar-refractivity contribution in [1.29, 1.82) is 0 Å². The second kappa shape index (κ2) is 9.17. The number of imidazole rings is 2. The molecule has 0 unspecified atom stereocenters. The first-order valence-corrected chi connectivity index (χ1v) is 11.7. The minimum atomic E-state index is -6.02. The van der Waals surface area contributed by atoms with Crippen LogP contribution in [0.25, 0.3) is 0 Å². The van der Waals surface area contributed by atoms with E-state index in [0.717, 1.165) is 11.5 Å². The third-order valence-corrected chi connectivity index (χ3v) is 6.95. The molecule has 0 spiro atoms. The SMILES string of the molecule is C[n+]1cc(S(=O)(=O)C(F)(F)F)[nH]c1S(=O)(=O)C(F)(F)F.C[n+]1ccn(Cc2ccccc2)c1. The fourth-order valence-corrected chi connectivity index (χ4v) is 4.21. The Bertz CT molecular complexity index is 1310. The van der Waals surface area contributed by atoms with E-state index in [1.807, 2.05) is 23.9 Å². The molecule has 3 rings (SSSR count). The monoisotopic (exact) mass is 520 g/mol. The lowest BCUT2D eigenvalue weighted by Crippen LogP contribution is -2.38. The summed E-state index contributed by atoms with van der Waals surface area (Å²) in [6.07, 6.45) is 6.28. The molecule has 182 valence electrons. The number of aryl methyl sites for hydroxylation is 2. The summed E-state index contributed by atoms with van der Waals surface area (Å²) in [5.41, 5.74) is -10.3. The number of hydrogen-bond acceptors (Lipinski definition) is 4. The van der Waals surface area contributed by atoms with Gasteiger partial charge in [0.1, 0.15) is 18.9 Å². The summed E-state index contributed by atoms with van der Waals surface area (Å²) in [5, 5.41) is -3.44. The molecule has 0 bridgehead atoms. The summed E-state index contributed by atoms with van der Waals surface area (Å²) in [5.74, 6) is 0. The Balaban J connectivity index is 0.000000254. The van der Waals surface area contributed by atoms with Crippen LogP contribution >= 0.6 is 0 Å². The molecule has 0 saturated carbocycles. The summed E-state index contributed by atoms with van der Waals surface area (Å²) in [6.45, 7) is 0.946. The summed E-state index contributed by atoms with van der Waals surface area (Å²) in [6, 6.07) is 10.5. The van der Waals surface area contributed by atoms with Gasteiger partial charge in [-0.05, 0) is 5.56 Å². The van der Waals surface area contributed by atoms with Gasteiger partial charge in [0.2, 0.25) is 6.33 Å². The van der Waals surface area contributed by atoms with Crippen molar-refractivity contribution in [3.63, 3.8) is 0 Å². The number of aromatic amines is 1. The van der Waals surface area contributed by atoms with Crippen molar-refractivity contribution in [1.82, 2.24) is 9.55 Å². The zero-order valence-electron chi connectivity index (χ0n) is 17.0. The van der Waals surface area contributed by atoms with E-state index < -0.39 is 40.9 Å². The Morgan fingerprint density at radius 2 is 1.45 bits per heavy atom. The number of aromatic nitrogens is 4. The van der Waals surface area contributed by atoms with Crippen LogP contribution in [-0.4, -0.2) is 37.4 Å². The molecule has 2 heterocycles. The number of H-pyrrole nitrogens is 1. The highest BCUT2D eigenvalue weighted by Crippen LogP contribution is 2.31. The van der Waals surface area contributed by atoms with Gasteiger partial charge in [-0.25, -0.2) is 35.5 Å². The topological polar surface area (TPSA) is 96.8 Å². The van der Waals surface area contributed by atoms with E-state index in [1.165, 1.54) is 5.56 Å². The molecule has 0 atom stereocenters. The quantitative estimate of drug-likeness (QED) is 0.419. The van der Waals surface area contributed by atoms with Crippen molar-refractivity contribution in [2.45, 2.75) is 27.7 Å². The van der Waals surface area contributed by atoms with Crippen LogP contribution in [0, 0.1) is 0 Å². The zero-order valence-corrected chi connectivity index (χ0v) is 18.6. The van der Waals surface area contributed by atoms with Gasteiger partial charge in [0.05, 0.1) is 14.1 Å². The van der Waals surface area contributed by atoms with Crippen molar-refractivity contribution in [2.24, 2.45) is 14.1 Å². The Kier molecular flexibility index (Phi) is 7.33. The van der Waals surface area contributed by atoms with Gasteiger partial charge in [0.15, 0.2) is 6.20 Å². The van der Waals surface area contributed by atoms with Crippen LogP contribution in [0.5, 0.6) is 0 Å². The molecule has 0 amide bonds. The summed E-state index contributed by atoms with van der Waals surface area (Å²) in [4.78, 5) is 1.12. The average Bonchev–Trinajstić information content (AvgIpc) is 3.27. The first kappa shape index (κ1) is 26.4. The highest BCUT2D eigenvalue weighted by molar-refractivity contribution is 7.92. The van der Waals surface area contributed by atoms with Gasteiger partial charge in [-0.1, -0.05) is 30.3 Å². The number of hydrogen-bond donors (Lipinski definition) is 1. The van der Waals surface area contributed by atoms with Crippen LogP contribution in [0.1, 0.15) is 5.56 Å². The number of alkyl halides is 6. The predicted molar refractivity (Wildman–Crippen MR) is 99.6 cm³/mol. The smallest absolute Gasteiger partial charge is 0.240 e. The van der Waals surface area contributed by atoms with Crippen molar-refractivity contribution in [3.05, 3.63) is 60.8 Å². The molecule has 2 aromatic heterocycles. The van der Waals surface area contributed by atoms with Crippen LogP contribution in [-0.2, 0) is 40.3 Å². The maximum Gasteiger partial charge on any atom is 0.509 e. The van der Waals surface area contributed by atoms with Gasteiger partial charge in [-0.2, -0.15) is 26.3 Å². The molecule has 0 aliphatic heterocycles. The van der Waals surface area contributed by atoms with E-state index in [0.29, 0.717) is 7.05 Å². The molecule has 8 nitrogen and oxygen atoms in total. The molecule has 0 saturated heterocycles. The Morgan fingerprint density at radius 3 is 1.91 bits per heavy atom. The number of rotatable bonds is 4. The summed E-state index contributed by atoms with van der Waals surface area (Å²) in [7, 11) is -9.34. The van der Waals surface area contributed by atoms with Gasteiger partial charge in [0.25, 0.3) is 5.03 Å². The fourth-order valence-electron chi connectivity index (χ4n) is 2.48. The number of sulfone groups is 2. The van der Waals surface area contributed by atoms with Crippen LogP contribution in [0.3, 0.4) is 0 Å².